The van der Waals surface area contributed by atoms with Gasteiger partial charge in [-0.25, -0.2) is 14.4 Å². The number of benzene rings is 1. The lowest BCUT2D eigenvalue weighted by atomic mass is 10.3. The van der Waals surface area contributed by atoms with Gasteiger partial charge in [0.1, 0.15) is 28.2 Å². The van der Waals surface area contributed by atoms with Gasteiger partial charge >= 0.3 is 0 Å². The van der Waals surface area contributed by atoms with Crippen LogP contribution in [-0.4, -0.2) is 16.5 Å². The molecule has 0 radical (unpaired) electrons. The van der Waals surface area contributed by atoms with E-state index in [1.807, 2.05) is 6.92 Å². The summed E-state index contributed by atoms with van der Waals surface area (Å²) in [5.74, 6) is 1.15. The molecule has 2 aromatic rings. The fourth-order valence-electron chi connectivity index (χ4n) is 1.37. The molecule has 19 heavy (non-hydrogen) atoms. The molecule has 0 atom stereocenters. The Kier molecular flexibility index (Phi) is 4.71. The molecule has 0 aliphatic carbocycles. The van der Waals surface area contributed by atoms with Crippen molar-refractivity contribution in [2.45, 2.75) is 6.92 Å². The van der Waals surface area contributed by atoms with Gasteiger partial charge in [0, 0.05) is 6.54 Å². The van der Waals surface area contributed by atoms with Crippen LogP contribution in [0.1, 0.15) is 6.92 Å². The quantitative estimate of drug-likeness (QED) is 0.842. The summed E-state index contributed by atoms with van der Waals surface area (Å²) < 4.78 is 19.7. The van der Waals surface area contributed by atoms with Crippen LogP contribution in [0, 0.1) is 5.82 Å². The van der Waals surface area contributed by atoms with Crippen LogP contribution in [-0.2, 0) is 0 Å². The maximum atomic E-state index is 13.1. The van der Waals surface area contributed by atoms with Gasteiger partial charge in [0.2, 0.25) is 5.88 Å². The highest BCUT2D eigenvalue weighted by Gasteiger charge is 2.11. The molecule has 0 spiro atoms. The number of aromatic nitrogens is 2. The predicted octanol–water partition coefficient (Wildman–Crippen LogP) is 4.36. The summed E-state index contributed by atoms with van der Waals surface area (Å²) >= 11 is 6.48. The van der Waals surface area contributed by atoms with Crippen molar-refractivity contribution in [2.24, 2.45) is 0 Å². The fraction of sp³-hybridized carbons (Fsp3) is 0.167. The molecule has 0 aliphatic heterocycles. The number of halogens is 3. The van der Waals surface area contributed by atoms with E-state index < -0.39 is 0 Å². The van der Waals surface area contributed by atoms with Gasteiger partial charge < -0.3 is 10.1 Å². The molecule has 1 N–H and O–H groups in total. The second kappa shape index (κ2) is 6.29. The average Bonchev–Trinajstić information content (AvgIpc) is 2.39. The van der Waals surface area contributed by atoms with Gasteiger partial charge in [-0.2, -0.15) is 0 Å². The van der Waals surface area contributed by atoms with Gasteiger partial charge in [-0.05, 0) is 57.0 Å². The Hall–Kier alpha value is -1.21. The van der Waals surface area contributed by atoms with Gasteiger partial charge in [-0.15, -0.1) is 0 Å². The molecule has 1 heterocycles. The molecule has 0 fully saturated rings. The van der Waals surface area contributed by atoms with E-state index >= 15 is 0 Å². The number of nitrogens with zero attached hydrogens (tertiary/aromatic N) is 2. The Bertz CT molecular complexity index is 595. The lowest BCUT2D eigenvalue weighted by Gasteiger charge is -2.10. The zero-order valence-corrected chi connectivity index (χ0v) is 13.1. The Labute approximate surface area is 126 Å². The third-order valence-electron chi connectivity index (χ3n) is 2.21. The molecule has 0 bridgehead atoms. The Balaban J connectivity index is 2.27. The van der Waals surface area contributed by atoms with Gasteiger partial charge in [0.15, 0.2) is 0 Å². The molecule has 4 nitrogen and oxygen atoms in total. The van der Waals surface area contributed by atoms with Crippen LogP contribution in [0.2, 0.25) is 0 Å². The lowest BCUT2D eigenvalue weighted by molar-refractivity contribution is 0.456. The van der Waals surface area contributed by atoms with Crippen LogP contribution in [0.4, 0.5) is 10.2 Å². The summed E-state index contributed by atoms with van der Waals surface area (Å²) in [4.78, 5) is 8.12. The highest BCUT2D eigenvalue weighted by Crippen LogP contribution is 2.33. The van der Waals surface area contributed by atoms with Crippen LogP contribution >= 0.6 is 31.9 Å². The van der Waals surface area contributed by atoms with Crippen molar-refractivity contribution >= 4 is 37.7 Å². The van der Waals surface area contributed by atoms with Gasteiger partial charge in [0.25, 0.3) is 0 Å². The molecule has 1 aromatic carbocycles. The van der Waals surface area contributed by atoms with Crippen LogP contribution < -0.4 is 10.1 Å². The minimum Gasteiger partial charge on any atom is -0.438 e. The molecule has 0 saturated heterocycles. The average molecular weight is 391 g/mol. The first-order valence-electron chi connectivity index (χ1n) is 5.49. The highest BCUT2D eigenvalue weighted by atomic mass is 79.9. The van der Waals surface area contributed by atoms with Crippen LogP contribution in [0.15, 0.2) is 33.5 Å². The molecule has 7 heteroatoms. The largest absolute Gasteiger partial charge is 0.438 e. The Morgan fingerprint density at radius 3 is 2.79 bits per heavy atom. The Morgan fingerprint density at radius 2 is 2.11 bits per heavy atom. The predicted molar refractivity (Wildman–Crippen MR) is 78.1 cm³/mol. The fourth-order valence-corrected chi connectivity index (χ4v) is 2.15. The smallest absolute Gasteiger partial charge is 0.238 e. The van der Waals surface area contributed by atoms with Gasteiger partial charge in [-0.1, -0.05) is 0 Å². The number of anilines is 1. The van der Waals surface area contributed by atoms with E-state index in [1.165, 1.54) is 24.5 Å². The van der Waals surface area contributed by atoms with E-state index in [1.54, 1.807) is 0 Å². The van der Waals surface area contributed by atoms with E-state index in [0.29, 0.717) is 26.4 Å². The third kappa shape index (κ3) is 3.42. The lowest BCUT2D eigenvalue weighted by Crippen LogP contribution is -2.02. The number of ether oxygens (including phenoxy) is 1. The molecule has 1 aromatic heterocycles. The molecule has 0 aliphatic rings. The summed E-state index contributed by atoms with van der Waals surface area (Å²) in [5, 5.41) is 3.08. The van der Waals surface area contributed by atoms with Crippen molar-refractivity contribution in [3.05, 3.63) is 39.3 Å². The van der Waals surface area contributed by atoms with Gasteiger partial charge in [0.05, 0.1) is 4.47 Å². The SMILES string of the molecule is CCNc1ncnc(Oc2ccc(F)c(Br)c2)c1Br. The second-order valence-corrected chi connectivity index (χ2v) is 5.20. The maximum absolute atomic E-state index is 13.1. The van der Waals surface area contributed by atoms with Crippen molar-refractivity contribution < 1.29 is 9.13 Å². The molecule has 0 unspecified atom stereocenters. The maximum Gasteiger partial charge on any atom is 0.238 e. The summed E-state index contributed by atoms with van der Waals surface area (Å²) in [6, 6.07) is 4.39. The summed E-state index contributed by atoms with van der Waals surface area (Å²) in [7, 11) is 0. The van der Waals surface area contributed by atoms with Crippen LogP contribution in [0.5, 0.6) is 11.6 Å². The van der Waals surface area contributed by atoms with Crippen molar-refractivity contribution in [3.8, 4) is 11.6 Å². The molecule has 0 amide bonds. The number of nitrogens with one attached hydrogen (secondary N) is 1. The summed E-state index contributed by atoms with van der Waals surface area (Å²) in [6.07, 6.45) is 1.40. The first-order valence-corrected chi connectivity index (χ1v) is 7.07. The third-order valence-corrected chi connectivity index (χ3v) is 3.53. The highest BCUT2D eigenvalue weighted by molar-refractivity contribution is 9.11. The standard InChI is InChI=1S/C12H10Br2FN3O/c1-2-16-11-10(14)12(18-6-17-11)19-7-3-4-9(15)8(13)5-7/h3-6H,2H2,1H3,(H,16,17,18). The normalized spacial score (nSPS) is 10.3. The zero-order chi connectivity index (χ0) is 13.8. The molecule has 0 saturated carbocycles. The Morgan fingerprint density at radius 1 is 1.32 bits per heavy atom. The molecular weight excluding hydrogens is 381 g/mol. The van der Waals surface area contributed by atoms with Gasteiger partial charge in [-0.3, -0.25) is 0 Å². The van der Waals surface area contributed by atoms with Crippen LogP contribution in [0.3, 0.4) is 0 Å². The van der Waals surface area contributed by atoms with E-state index in [4.69, 9.17) is 4.74 Å². The number of hydrogen-bond acceptors (Lipinski definition) is 4. The summed E-state index contributed by atoms with van der Waals surface area (Å²) in [6.45, 7) is 2.70. The van der Waals surface area contributed by atoms with E-state index in [-0.39, 0.29) is 5.82 Å². The first kappa shape index (κ1) is 14.2. The van der Waals surface area contributed by atoms with E-state index in [2.05, 4.69) is 47.1 Å². The van der Waals surface area contributed by atoms with E-state index in [9.17, 15) is 4.39 Å². The minimum absolute atomic E-state index is 0.335. The van der Waals surface area contributed by atoms with Crippen molar-refractivity contribution in [1.82, 2.24) is 9.97 Å². The second-order valence-electron chi connectivity index (χ2n) is 3.55. The topological polar surface area (TPSA) is 47.0 Å². The zero-order valence-electron chi connectivity index (χ0n) is 9.95. The molecule has 2 rings (SSSR count). The minimum atomic E-state index is -0.345. The number of hydrogen-bond donors (Lipinski definition) is 1. The van der Waals surface area contributed by atoms with Crippen molar-refractivity contribution in [1.29, 1.82) is 0 Å². The summed E-state index contributed by atoms with van der Waals surface area (Å²) in [5.41, 5.74) is 0. The molecular formula is C12H10Br2FN3O. The van der Waals surface area contributed by atoms with Crippen LogP contribution in [0.25, 0.3) is 0 Å². The van der Waals surface area contributed by atoms with E-state index in [0.717, 1.165) is 6.54 Å². The molecule has 100 valence electrons. The monoisotopic (exact) mass is 389 g/mol. The number of rotatable bonds is 4. The first-order chi connectivity index (χ1) is 9.11. The van der Waals surface area contributed by atoms with Crippen molar-refractivity contribution in [3.63, 3.8) is 0 Å². The van der Waals surface area contributed by atoms with Crippen molar-refractivity contribution in [2.75, 3.05) is 11.9 Å².